The SMILES string of the molecule is COc1cc(-c2oc3cc(O)cc(O)c3c(=O)c2OC2(O)C(C(=O)O)OCC(O)C2O)ccc1O. The third-order valence-corrected chi connectivity index (χ3v) is 5.45. The van der Waals surface area contributed by atoms with E-state index in [4.69, 9.17) is 18.6 Å². The first-order valence-electron chi connectivity index (χ1n) is 10.00. The number of phenols is 3. The molecule has 0 bridgehead atoms. The predicted molar refractivity (Wildman–Crippen MR) is 114 cm³/mol. The van der Waals surface area contributed by atoms with Crippen molar-refractivity contribution >= 4 is 16.9 Å². The molecule has 0 amide bonds. The van der Waals surface area contributed by atoms with Gasteiger partial charge in [-0.05, 0) is 18.2 Å². The molecule has 4 atom stereocenters. The first-order valence-corrected chi connectivity index (χ1v) is 10.00. The van der Waals surface area contributed by atoms with Crippen LogP contribution in [0.5, 0.6) is 28.7 Å². The van der Waals surface area contributed by atoms with Gasteiger partial charge in [0.1, 0.15) is 28.6 Å². The average Bonchev–Trinajstić information content (AvgIpc) is 2.79. The van der Waals surface area contributed by atoms with Crippen LogP contribution in [0.15, 0.2) is 39.5 Å². The summed E-state index contributed by atoms with van der Waals surface area (Å²) < 4.78 is 21.0. The first-order chi connectivity index (χ1) is 16.5. The van der Waals surface area contributed by atoms with Crippen LogP contribution in [0, 0.1) is 0 Å². The third kappa shape index (κ3) is 3.95. The monoisotopic (exact) mass is 492 g/mol. The molecule has 2 aromatic carbocycles. The van der Waals surface area contributed by atoms with Gasteiger partial charge in [0.05, 0.1) is 13.7 Å². The van der Waals surface area contributed by atoms with Crippen LogP contribution in [0.2, 0.25) is 0 Å². The Hall–Kier alpha value is -4.04. The molecular weight excluding hydrogens is 472 g/mol. The standard InChI is InChI=1S/C22H20O13/c1-32-13-4-8(2-3-10(13)24)17-18(16(27)15-11(25)5-9(23)6-14(15)34-17)35-22(31)19(28)12(26)7-33-20(22)21(29)30/h2-6,12,19-20,23-26,28,31H,7H2,1H3,(H,29,30). The van der Waals surface area contributed by atoms with Crippen LogP contribution in [-0.2, 0) is 9.53 Å². The van der Waals surface area contributed by atoms with Crippen LogP contribution in [0.1, 0.15) is 0 Å². The van der Waals surface area contributed by atoms with Gasteiger partial charge in [-0.3, -0.25) is 4.79 Å². The maximum Gasteiger partial charge on any atom is 0.339 e. The van der Waals surface area contributed by atoms with E-state index in [9.17, 15) is 45.3 Å². The van der Waals surface area contributed by atoms with Gasteiger partial charge in [0.15, 0.2) is 23.4 Å². The normalized spacial score (nSPS) is 24.3. The van der Waals surface area contributed by atoms with Gasteiger partial charge >= 0.3 is 5.97 Å². The van der Waals surface area contributed by atoms with Crippen molar-refractivity contribution in [1.29, 1.82) is 0 Å². The number of carbonyl (C=O) groups is 1. The van der Waals surface area contributed by atoms with Crippen molar-refractivity contribution in [2.45, 2.75) is 24.1 Å². The van der Waals surface area contributed by atoms with Crippen LogP contribution < -0.4 is 14.9 Å². The molecule has 0 saturated carbocycles. The van der Waals surface area contributed by atoms with Gasteiger partial charge in [-0.25, -0.2) is 4.79 Å². The Morgan fingerprint density at radius 3 is 2.49 bits per heavy atom. The predicted octanol–water partition coefficient (Wildman–Crippen LogP) is -0.142. The summed E-state index contributed by atoms with van der Waals surface area (Å²) in [6, 6.07) is 5.51. The van der Waals surface area contributed by atoms with Gasteiger partial charge in [-0.2, -0.15) is 0 Å². The van der Waals surface area contributed by atoms with Crippen LogP contribution in [0.3, 0.4) is 0 Å². The van der Waals surface area contributed by atoms with Crippen molar-refractivity contribution in [2.24, 2.45) is 0 Å². The van der Waals surface area contributed by atoms with E-state index in [-0.39, 0.29) is 22.6 Å². The van der Waals surface area contributed by atoms with Crippen molar-refractivity contribution < 1.29 is 59.2 Å². The Bertz CT molecular complexity index is 1360. The Balaban J connectivity index is 2.02. The number of aliphatic hydroxyl groups is 3. The summed E-state index contributed by atoms with van der Waals surface area (Å²) in [5.74, 6) is -7.82. The number of fused-ring (bicyclic) bond motifs is 1. The number of aliphatic carboxylic acids is 1. The zero-order valence-corrected chi connectivity index (χ0v) is 17.9. The van der Waals surface area contributed by atoms with Crippen molar-refractivity contribution in [3.63, 3.8) is 0 Å². The number of methoxy groups -OCH3 is 1. The lowest BCUT2D eigenvalue weighted by molar-refractivity contribution is -0.313. The number of hydrogen-bond acceptors (Lipinski definition) is 12. The molecule has 0 spiro atoms. The summed E-state index contributed by atoms with van der Waals surface area (Å²) in [4.78, 5) is 25.1. The van der Waals surface area contributed by atoms with Gasteiger partial charge < -0.3 is 54.4 Å². The quantitative estimate of drug-likeness (QED) is 0.231. The minimum atomic E-state index is -3.19. The molecule has 4 rings (SSSR count). The van der Waals surface area contributed by atoms with Gasteiger partial charge in [-0.1, -0.05) is 0 Å². The van der Waals surface area contributed by atoms with Crippen molar-refractivity contribution in [1.82, 2.24) is 0 Å². The van der Waals surface area contributed by atoms with Crippen molar-refractivity contribution in [2.75, 3.05) is 13.7 Å². The van der Waals surface area contributed by atoms with E-state index >= 15 is 0 Å². The van der Waals surface area contributed by atoms with E-state index in [2.05, 4.69) is 0 Å². The van der Waals surface area contributed by atoms with E-state index in [0.717, 1.165) is 12.1 Å². The van der Waals surface area contributed by atoms with Crippen LogP contribution >= 0.6 is 0 Å². The first kappa shape index (κ1) is 24.1. The molecule has 3 aromatic rings. The van der Waals surface area contributed by atoms with Crippen LogP contribution in [0.25, 0.3) is 22.3 Å². The Kier molecular flexibility index (Phi) is 5.94. The molecule has 0 aliphatic carbocycles. The fraction of sp³-hybridized carbons (Fsp3) is 0.273. The molecule has 4 unspecified atom stereocenters. The highest BCUT2D eigenvalue weighted by Crippen LogP contribution is 2.41. The molecule has 13 heteroatoms. The largest absolute Gasteiger partial charge is 0.508 e. The molecule has 13 nitrogen and oxygen atoms in total. The average molecular weight is 492 g/mol. The number of phenolic OH excluding ortho intramolecular Hbond substituents is 3. The zero-order valence-electron chi connectivity index (χ0n) is 17.9. The highest BCUT2D eigenvalue weighted by atomic mass is 16.7. The lowest BCUT2D eigenvalue weighted by Crippen LogP contribution is -2.68. The second-order valence-electron chi connectivity index (χ2n) is 7.73. The molecule has 1 fully saturated rings. The Morgan fingerprint density at radius 2 is 1.83 bits per heavy atom. The molecule has 1 aliphatic heterocycles. The minimum absolute atomic E-state index is 0.0127. The second-order valence-corrected chi connectivity index (χ2v) is 7.73. The van der Waals surface area contributed by atoms with Crippen molar-refractivity contribution in [3.05, 3.63) is 40.6 Å². The van der Waals surface area contributed by atoms with Crippen LogP contribution in [-0.4, -0.2) is 79.5 Å². The Labute approximate surface area is 195 Å². The molecule has 186 valence electrons. The molecule has 7 N–H and O–H groups in total. The second kappa shape index (κ2) is 8.63. The molecule has 2 heterocycles. The van der Waals surface area contributed by atoms with Gasteiger partial charge in [0.25, 0.3) is 5.79 Å². The lowest BCUT2D eigenvalue weighted by atomic mass is 9.95. The van der Waals surface area contributed by atoms with E-state index < -0.39 is 70.5 Å². The fourth-order valence-electron chi connectivity index (χ4n) is 3.73. The number of hydrogen-bond donors (Lipinski definition) is 7. The van der Waals surface area contributed by atoms with E-state index in [1.165, 1.54) is 25.3 Å². The fourth-order valence-corrected chi connectivity index (χ4v) is 3.73. The number of aliphatic hydroxyl groups excluding tert-OH is 2. The van der Waals surface area contributed by atoms with Crippen LogP contribution in [0.4, 0.5) is 0 Å². The van der Waals surface area contributed by atoms with Gasteiger partial charge in [-0.15, -0.1) is 0 Å². The highest BCUT2D eigenvalue weighted by Gasteiger charge is 2.58. The molecular formula is C22H20O13. The molecule has 1 aliphatic rings. The number of benzene rings is 2. The van der Waals surface area contributed by atoms with E-state index in [0.29, 0.717) is 0 Å². The summed E-state index contributed by atoms with van der Waals surface area (Å²) >= 11 is 0. The molecule has 35 heavy (non-hydrogen) atoms. The molecule has 1 saturated heterocycles. The summed E-state index contributed by atoms with van der Waals surface area (Å²) in [7, 11) is 1.25. The number of aromatic hydroxyl groups is 3. The topological polar surface area (TPSA) is 217 Å². The number of rotatable bonds is 5. The maximum atomic E-state index is 13.4. The number of ether oxygens (including phenoxy) is 3. The Morgan fingerprint density at radius 1 is 1.11 bits per heavy atom. The minimum Gasteiger partial charge on any atom is -0.508 e. The highest BCUT2D eigenvalue weighted by molar-refractivity contribution is 5.88. The molecule has 1 aromatic heterocycles. The molecule has 0 radical (unpaired) electrons. The summed E-state index contributed by atoms with van der Waals surface area (Å²) in [6.45, 7) is -0.655. The van der Waals surface area contributed by atoms with Crippen molar-refractivity contribution in [3.8, 4) is 40.1 Å². The maximum absolute atomic E-state index is 13.4. The summed E-state index contributed by atoms with van der Waals surface area (Å²) in [6.07, 6.45) is -6.28. The van der Waals surface area contributed by atoms with E-state index in [1.807, 2.05) is 0 Å². The lowest BCUT2D eigenvalue weighted by Gasteiger charge is -2.42. The summed E-state index contributed by atoms with van der Waals surface area (Å²) in [5, 5.41) is 70.4. The summed E-state index contributed by atoms with van der Waals surface area (Å²) in [5.41, 5.74) is -1.43. The van der Waals surface area contributed by atoms with E-state index in [1.54, 1.807) is 0 Å². The van der Waals surface area contributed by atoms with Gasteiger partial charge in [0.2, 0.25) is 17.3 Å². The zero-order chi connectivity index (χ0) is 25.7. The number of carboxylic acids is 1. The number of carboxylic acid groups (broad SMARTS) is 1. The third-order valence-electron chi connectivity index (χ3n) is 5.45. The smallest absolute Gasteiger partial charge is 0.339 e. The van der Waals surface area contributed by atoms with Gasteiger partial charge in [0, 0.05) is 17.7 Å².